The molecule has 0 aliphatic heterocycles. The number of hydrogen-bond donors (Lipinski definition) is 2. The van der Waals surface area contributed by atoms with Crippen LogP contribution >= 0.6 is 0 Å². The number of nitrogens with one attached hydrogen (secondary N) is 1. The summed E-state index contributed by atoms with van der Waals surface area (Å²) in [7, 11) is 1.72. The van der Waals surface area contributed by atoms with Crippen molar-refractivity contribution in [2.45, 2.75) is 26.7 Å². The van der Waals surface area contributed by atoms with Crippen molar-refractivity contribution >= 4 is 11.6 Å². The molecule has 0 atom stereocenters. The molecule has 0 fully saturated rings. The van der Waals surface area contributed by atoms with Gasteiger partial charge < -0.3 is 15.3 Å². The zero-order valence-electron chi connectivity index (χ0n) is 11.5. The van der Waals surface area contributed by atoms with Crippen LogP contribution in [-0.2, 0) is 6.42 Å². The SMILES string of the molecule is CCc1nc(NC)c(C)c(N(CCO)CC(F)F)n1. The Labute approximate surface area is 111 Å². The molecule has 0 amide bonds. The van der Waals surface area contributed by atoms with Gasteiger partial charge in [0.15, 0.2) is 0 Å². The van der Waals surface area contributed by atoms with E-state index in [2.05, 4.69) is 15.3 Å². The second-order valence-corrected chi connectivity index (χ2v) is 4.10. The third-order valence-corrected chi connectivity index (χ3v) is 2.75. The van der Waals surface area contributed by atoms with E-state index in [1.54, 1.807) is 14.0 Å². The molecule has 1 aromatic heterocycles. The molecule has 0 aliphatic carbocycles. The normalized spacial score (nSPS) is 10.9. The van der Waals surface area contributed by atoms with Crippen molar-refractivity contribution in [3.05, 3.63) is 11.4 Å². The van der Waals surface area contributed by atoms with Crippen LogP contribution in [-0.4, -0.2) is 48.2 Å². The summed E-state index contributed by atoms with van der Waals surface area (Å²) in [6, 6.07) is 0. The molecule has 0 saturated carbocycles. The Hall–Kier alpha value is -1.50. The predicted octanol–water partition coefficient (Wildman–Crippen LogP) is 1.45. The maximum atomic E-state index is 12.6. The number of aryl methyl sites for hydroxylation is 1. The fourth-order valence-corrected chi connectivity index (χ4v) is 1.83. The first kappa shape index (κ1) is 15.6. The molecule has 1 aromatic rings. The number of nitrogens with zero attached hydrogens (tertiary/aromatic N) is 3. The molecule has 0 spiro atoms. The maximum absolute atomic E-state index is 12.6. The molecule has 5 nitrogen and oxygen atoms in total. The smallest absolute Gasteiger partial charge is 0.255 e. The van der Waals surface area contributed by atoms with Crippen molar-refractivity contribution in [1.82, 2.24) is 9.97 Å². The highest BCUT2D eigenvalue weighted by atomic mass is 19.3. The van der Waals surface area contributed by atoms with Crippen LogP contribution in [0, 0.1) is 6.92 Å². The number of aromatic nitrogens is 2. The summed E-state index contributed by atoms with van der Waals surface area (Å²) < 4.78 is 25.2. The molecule has 1 rings (SSSR count). The first-order chi connectivity index (χ1) is 9.03. The van der Waals surface area contributed by atoms with Crippen molar-refractivity contribution in [2.24, 2.45) is 0 Å². The molecule has 0 aromatic carbocycles. The van der Waals surface area contributed by atoms with E-state index in [0.29, 0.717) is 29.4 Å². The lowest BCUT2D eigenvalue weighted by molar-refractivity contribution is 0.152. The van der Waals surface area contributed by atoms with Gasteiger partial charge >= 0.3 is 0 Å². The summed E-state index contributed by atoms with van der Waals surface area (Å²) in [6.45, 7) is 3.14. The van der Waals surface area contributed by atoms with Crippen molar-refractivity contribution in [3.8, 4) is 0 Å². The summed E-state index contributed by atoms with van der Waals surface area (Å²) in [5.74, 6) is 1.66. The molecular weight excluding hydrogens is 254 g/mol. The molecule has 0 unspecified atom stereocenters. The van der Waals surface area contributed by atoms with Crippen LogP contribution in [0.2, 0.25) is 0 Å². The van der Waals surface area contributed by atoms with Gasteiger partial charge in [-0.25, -0.2) is 18.7 Å². The quantitative estimate of drug-likeness (QED) is 0.788. The minimum Gasteiger partial charge on any atom is -0.395 e. The van der Waals surface area contributed by atoms with E-state index in [0.717, 1.165) is 0 Å². The third kappa shape index (κ3) is 3.99. The molecule has 0 bridgehead atoms. The van der Waals surface area contributed by atoms with Crippen LogP contribution < -0.4 is 10.2 Å². The molecule has 108 valence electrons. The van der Waals surface area contributed by atoms with Gasteiger partial charge in [-0.15, -0.1) is 0 Å². The second kappa shape index (κ2) is 7.18. The van der Waals surface area contributed by atoms with Gasteiger partial charge in [0.05, 0.1) is 13.2 Å². The Morgan fingerprint density at radius 1 is 1.37 bits per heavy atom. The van der Waals surface area contributed by atoms with Crippen molar-refractivity contribution in [2.75, 3.05) is 37.0 Å². The topological polar surface area (TPSA) is 61.3 Å². The second-order valence-electron chi connectivity index (χ2n) is 4.10. The van der Waals surface area contributed by atoms with E-state index in [1.807, 2.05) is 6.92 Å². The van der Waals surface area contributed by atoms with Gasteiger partial charge in [-0.3, -0.25) is 0 Å². The molecular formula is C12H20F2N4O. The summed E-state index contributed by atoms with van der Waals surface area (Å²) in [4.78, 5) is 9.99. The van der Waals surface area contributed by atoms with Crippen LogP contribution in [0.4, 0.5) is 20.4 Å². The number of alkyl halides is 2. The Bertz CT molecular complexity index is 415. The first-order valence-corrected chi connectivity index (χ1v) is 6.22. The summed E-state index contributed by atoms with van der Waals surface area (Å²) in [5, 5.41) is 11.9. The molecule has 0 saturated heterocycles. The highest BCUT2D eigenvalue weighted by Crippen LogP contribution is 2.24. The average Bonchev–Trinajstić information content (AvgIpc) is 2.38. The predicted molar refractivity (Wildman–Crippen MR) is 71.0 cm³/mol. The van der Waals surface area contributed by atoms with Crippen molar-refractivity contribution in [3.63, 3.8) is 0 Å². The summed E-state index contributed by atoms with van der Waals surface area (Å²) in [6.07, 6.45) is -1.87. The summed E-state index contributed by atoms with van der Waals surface area (Å²) >= 11 is 0. The number of anilines is 2. The van der Waals surface area contributed by atoms with Crippen molar-refractivity contribution < 1.29 is 13.9 Å². The van der Waals surface area contributed by atoms with Crippen LogP contribution in [0.3, 0.4) is 0 Å². The van der Waals surface area contributed by atoms with Gasteiger partial charge in [0, 0.05) is 25.6 Å². The zero-order chi connectivity index (χ0) is 14.4. The lowest BCUT2D eigenvalue weighted by Gasteiger charge is -2.25. The van der Waals surface area contributed by atoms with Crippen molar-refractivity contribution in [1.29, 1.82) is 0 Å². The standard InChI is InChI=1S/C12H20F2N4O/c1-4-10-16-11(15-3)8(2)12(17-10)18(5-6-19)7-9(13)14/h9,19H,4-7H2,1-3H3,(H,15,16,17). The van der Waals surface area contributed by atoms with E-state index >= 15 is 0 Å². The number of hydrogen-bond acceptors (Lipinski definition) is 5. The largest absolute Gasteiger partial charge is 0.395 e. The Balaban J connectivity index is 3.19. The molecule has 0 radical (unpaired) electrons. The number of rotatable bonds is 7. The molecule has 0 aliphatic rings. The minimum atomic E-state index is -2.48. The maximum Gasteiger partial charge on any atom is 0.255 e. The molecule has 19 heavy (non-hydrogen) atoms. The van der Waals surface area contributed by atoms with Crippen LogP contribution in [0.25, 0.3) is 0 Å². The average molecular weight is 274 g/mol. The van der Waals surface area contributed by atoms with Gasteiger partial charge in [-0.2, -0.15) is 0 Å². The Morgan fingerprint density at radius 3 is 2.53 bits per heavy atom. The van der Waals surface area contributed by atoms with Gasteiger partial charge in [-0.05, 0) is 6.92 Å². The molecule has 2 N–H and O–H groups in total. The summed E-state index contributed by atoms with van der Waals surface area (Å²) in [5.41, 5.74) is 0.703. The Kier molecular flexibility index (Phi) is 5.88. The fraction of sp³-hybridized carbons (Fsp3) is 0.667. The first-order valence-electron chi connectivity index (χ1n) is 6.22. The number of aliphatic hydroxyl groups is 1. The Morgan fingerprint density at radius 2 is 2.05 bits per heavy atom. The van der Waals surface area contributed by atoms with Gasteiger partial charge in [0.25, 0.3) is 6.43 Å². The minimum absolute atomic E-state index is 0.120. The zero-order valence-corrected chi connectivity index (χ0v) is 11.5. The number of halogens is 2. The van der Waals surface area contributed by atoms with E-state index < -0.39 is 13.0 Å². The number of aliphatic hydroxyl groups excluding tert-OH is 1. The van der Waals surface area contributed by atoms with Gasteiger partial charge in [0.2, 0.25) is 0 Å². The monoisotopic (exact) mass is 274 g/mol. The highest BCUT2D eigenvalue weighted by Gasteiger charge is 2.18. The molecule has 7 heteroatoms. The van der Waals surface area contributed by atoms with Gasteiger partial charge in [0.1, 0.15) is 17.5 Å². The highest BCUT2D eigenvalue weighted by molar-refractivity contribution is 5.58. The lowest BCUT2D eigenvalue weighted by Crippen LogP contribution is -2.33. The van der Waals surface area contributed by atoms with Crippen LogP contribution in [0.1, 0.15) is 18.3 Å². The van der Waals surface area contributed by atoms with E-state index in [1.165, 1.54) is 4.90 Å². The fourth-order valence-electron chi connectivity index (χ4n) is 1.83. The van der Waals surface area contributed by atoms with Crippen LogP contribution in [0.5, 0.6) is 0 Å². The van der Waals surface area contributed by atoms with E-state index in [4.69, 9.17) is 5.11 Å². The van der Waals surface area contributed by atoms with E-state index in [-0.39, 0.29) is 13.2 Å². The third-order valence-electron chi connectivity index (χ3n) is 2.75. The van der Waals surface area contributed by atoms with E-state index in [9.17, 15) is 8.78 Å². The van der Waals surface area contributed by atoms with Crippen LogP contribution in [0.15, 0.2) is 0 Å². The lowest BCUT2D eigenvalue weighted by atomic mass is 10.2. The molecule has 1 heterocycles. The van der Waals surface area contributed by atoms with Gasteiger partial charge in [-0.1, -0.05) is 6.92 Å².